The lowest BCUT2D eigenvalue weighted by Crippen LogP contribution is -2.35. The van der Waals surface area contributed by atoms with Crippen LogP contribution >= 0.6 is 0 Å². The number of hydrogen-bond acceptors (Lipinski definition) is 0. The van der Waals surface area contributed by atoms with Gasteiger partial charge in [-0.2, -0.15) is 0 Å². The second kappa shape index (κ2) is 2.80. The van der Waals surface area contributed by atoms with E-state index in [1.807, 2.05) is 0 Å². The van der Waals surface area contributed by atoms with Crippen LogP contribution in [0.2, 0.25) is 18.1 Å². The molecule has 0 atom stereocenters. The van der Waals surface area contributed by atoms with Crippen LogP contribution in [0.4, 0.5) is 0 Å². The van der Waals surface area contributed by atoms with Crippen LogP contribution in [0.3, 0.4) is 0 Å². The fourth-order valence-corrected chi connectivity index (χ4v) is 1.23. The van der Waals surface area contributed by atoms with Gasteiger partial charge in [-0.3, -0.25) is 0 Å². The summed E-state index contributed by atoms with van der Waals surface area (Å²) in [6.07, 6.45) is 0. The zero-order chi connectivity index (χ0) is 8.41. The van der Waals surface area contributed by atoms with Crippen molar-refractivity contribution in [2.75, 3.05) is 0 Å². The minimum absolute atomic E-state index is 0.373. The molecule has 0 aromatic rings. The van der Waals surface area contributed by atoms with E-state index >= 15 is 0 Å². The molecule has 0 heterocycles. The minimum atomic E-state index is -1.33. The number of rotatable bonds is 0. The second-order valence-electron chi connectivity index (χ2n) is 4.18. The Labute approximate surface area is 66.0 Å². The Morgan fingerprint density at radius 1 is 1.20 bits per heavy atom. The number of hydrogen-bond donors (Lipinski definition) is 0. The fourth-order valence-electron chi connectivity index (χ4n) is 0.408. The summed E-state index contributed by atoms with van der Waals surface area (Å²) < 4.78 is 0. The zero-order valence-electron chi connectivity index (χ0n) is 7.71. The Morgan fingerprint density at radius 3 is 1.70 bits per heavy atom. The summed E-state index contributed by atoms with van der Waals surface area (Å²) in [7, 11) is -1.33. The molecule has 0 bridgehead atoms. The van der Waals surface area contributed by atoms with Crippen molar-refractivity contribution in [3.63, 3.8) is 0 Å². The van der Waals surface area contributed by atoms with Crippen molar-refractivity contribution in [1.82, 2.24) is 0 Å². The SMILES string of the molecule is [CH2]C#C[Si](C)(C)C(C)(C)C. The van der Waals surface area contributed by atoms with Gasteiger partial charge >= 0.3 is 0 Å². The van der Waals surface area contributed by atoms with E-state index in [0.717, 1.165) is 0 Å². The third-order valence-electron chi connectivity index (χ3n) is 2.28. The first-order chi connectivity index (χ1) is 4.31. The molecule has 0 amide bonds. The molecule has 10 heavy (non-hydrogen) atoms. The molecule has 0 aromatic heterocycles. The lowest BCUT2D eigenvalue weighted by molar-refractivity contribution is 0.731. The molecule has 0 rings (SSSR count). The van der Waals surface area contributed by atoms with Gasteiger partial charge in [-0.25, -0.2) is 0 Å². The Balaban J connectivity index is 4.51. The molecule has 0 nitrogen and oxygen atoms in total. The highest BCUT2D eigenvalue weighted by molar-refractivity contribution is 6.87. The summed E-state index contributed by atoms with van der Waals surface area (Å²) in [4.78, 5) is 0. The first kappa shape index (κ1) is 9.78. The second-order valence-corrected chi connectivity index (χ2v) is 9.18. The molecule has 0 saturated carbocycles. The molecule has 57 valence electrons. The smallest absolute Gasteiger partial charge is 0.131 e. The van der Waals surface area contributed by atoms with E-state index in [1.54, 1.807) is 0 Å². The third kappa shape index (κ3) is 2.19. The zero-order valence-corrected chi connectivity index (χ0v) is 8.71. The van der Waals surface area contributed by atoms with Crippen LogP contribution in [0, 0.1) is 18.4 Å². The Morgan fingerprint density at radius 2 is 1.60 bits per heavy atom. The van der Waals surface area contributed by atoms with E-state index in [4.69, 9.17) is 0 Å². The molecule has 1 heteroatoms. The Bertz CT molecular complexity index is 161. The summed E-state index contributed by atoms with van der Waals surface area (Å²) in [5.41, 5.74) is 3.24. The van der Waals surface area contributed by atoms with Gasteiger partial charge < -0.3 is 0 Å². The van der Waals surface area contributed by atoms with Crippen molar-refractivity contribution >= 4 is 8.07 Å². The minimum Gasteiger partial charge on any atom is -0.131 e. The average Bonchev–Trinajstić information content (AvgIpc) is 1.61. The van der Waals surface area contributed by atoms with Crippen molar-refractivity contribution < 1.29 is 0 Å². The first-order valence-corrected chi connectivity index (χ1v) is 6.60. The van der Waals surface area contributed by atoms with Gasteiger partial charge in [0, 0.05) is 6.92 Å². The van der Waals surface area contributed by atoms with Gasteiger partial charge in [0.2, 0.25) is 0 Å². The maximum Gasteiger partial charge on any atom is 0.137 e. The molecule has 0 aliphatic carbocycles. The highest BCUT2D eigenvalue weighted by Crippen LogP contribution is 2.34. The van der Waals surface area contributed by atoms with Gasteiger partial charge in [0.15, 0.2) is 0 Å². The monoisotopic (exact) mass is 153 g/mol. The van der Waals surface area contributed by atoms with E-state index in [-0.39, 0.29) is 0 Å². The van der Waals surface area contributed by atoms with E-state index in [1.165, 1.54) is 0 Å². The highest BCUT2D eigenvalue weighted by atomic mass is 28.3. The van der Waals surface area contributed by atoms with Crippen LogP contribution in [0.25, 0.3) is 0 Å². The summed E-state index contributed by atoms with van der Waals surface area (Å²) in [6.45, 7) is 14.9. The van der Waals surface area contributed by atoms with Crippen LogP contribution in [0.1, 0.15) is 20.8 Å². The topological polar surface area (TPSA) is 0 Å². The van der Waals surface area contributed by atoms with Crippen molar-refractivity contribution in [3.05, 3.63) is 6.92 Å². The van der Waals surface area contributed by atoms with Gasteiger partial charge in [-0.1, -0.05) is 33.9 Å². The lowest BCUT2D eigenvalue weighted by atomic mass is 10.2. The molecule has 0 spiro atoms. The van der Waals surface area contributed by atoms with Gasteiger partial charge in [0.1, 0.15) is 8.07 Å². The molecular formula is C9H17Si. The molecule has 0 aliphatic rings. The Hall–Kier alpha value is -0.223. The molecular weight excluding hydrogens is 136 g/mol. The maximum atomic E-state index is 3.56. The van der Waals surface area contributed by atoms with E-state index in [0.29, 0.717) is 5.04 Å². The average molecular weight is 153 g/mol. The standard InChI is InChI=1S/C9H17Si/c1-7-8-10(5,6)9(2,3)4/h1H2,2-6H3. The fraction of sp³-hybridized carbons (Fsp3) is 0.667. The molecule has 0 aliphatic heterocycles. The van der Waals surface area contributed by atoms with Gasteiger partial charge in [0.25, 0.3) is 0 Å². The molecule has 0 saturated heterocycles. The normalized spacial score (nSPS) is 12.2. The van der Waals surface area contributed by atoms with Gasteiger partial charge in [-0.05, 0) is 5.04 Å². The maximum absolute atomic E-state index is 3.56. The van der Waals surface area contributed by atoms with Crippen LogP contribution in [0.5, 0.6) is 0 Å². The third-order valence-corrected chi connectivity index (χ3v) is 6.83. The van der Waals surface area contributed by atoms with Crippen molar-refractivity contribution in [3.8, 4) is 11.5 Å². The first-order valence-electron chi connectivity index (χ1n) is 3.60. The van der Waals surface area contributed by atoms with Crippen LogP contribution in [-0.2, 0) is 0 Å². The summed E-state index contributed by atoms with van der Waals surface area (Å²) in [6, 6.07) is 0. The van der Waals surface area contributed by atoms with Crippen LogP contribution in [0.15, 0.2) is 0 Å². The van der Waals surface area contributed by atoms with Gasteiger partial charge in [0.05, 0.1) is 0 Å². The molecule has 0 fully saturated rings. The van der Waals surface area contributed by atoms with Crippen molar-refractivity contribution in [2.45, 2.75) is 38.9 Å². The van der Waals surface area contributed by atoms with Crippen molar-refractivity contribution in [2.24, 2.45) is 0 Å². The predicted molar refractivity (Wildman–Crippen MR) is 50.3 cm³/mol. The van der Waals surface area contributed by atoms with Crippen LogP contribution < -0.4 is 0 Å². The molecule has 0 unspecified atom stereocenters. The van der Waals surface area contributed by atoms with E-state index in [2.05, 4.69) is 52.3 Å². The van der Waals surface area contributed by atoms with Crippen LogP contribution in [-0.4, -0.2) is 8.07 Å². The lowest BCUT2D eigenvalue weighted by Gasteiger charge is -2.31. The van der Waals surface area contributed by atoms with E-state index < -0.39 is 8.07 Å². The molecule has 0 N–H and O–H groups in total. The van der Waals surface area contributed by atoms with Gasteiger partial charge in [-0.15, -0.1) is 11.5 Å². The quantitative estimate of drug-likeness (QED) is 0.371. The highest BCUT2D eigenvalue weighted by Gasteiger charge is 2.33. The largest absolute Gasteiger partial charge is 0.137 e. The molecule has 0 aromatic carbocycles. The van der Waals surface area contributed by atoms with Crippen molar-refractivity contribution in [1.29, 1.82) is 0 Å². The predicted octanol–water partition coefficient (Wildman–Crippen LogP) is 2.87. The summed E-state index contributed by atoms with van der Waals surface area (Å²) in [5.74, 6) is 2.78. The van der Waals surface area contributed by atoms with E-state index in [9.17, 15) is 0 Å². The molecule has 1 radical (unpaired) electrons. The summed E-state index contributed by atoms with van der Waals surface area (Å²) >= 11 is 0. The summed E-state index contributed by atoms with van der Waals surface area (Å²) in [5, 5.41) is 0.373. The Kier molecular flexibility index (Phi) is 2.73.